The van der Waals surface area contributed by atoms with Crippen LogP contribution in [0.15, 0.2) is 41.6 Å². The topological polar surface area (TPSA) is 62.8 Å². The predicted octanol–water partition coefficient (Wildman–Crippen LogP) is 5.25. The smallest absolute Gasteiger partial charge is 0.325 e. The zero-order chi connectivity index (χ0) is 21.7. The van der Waals surface area contributed by atoms with Crippen LogP contribution in [0.2, 0.25) is 0 Å². The van der Waals surface area contributed by atoms with E-state index < -0.39 is 6.09 Å². The molecule has 1 heterocycles. The van der Waals surface area contributed by atoms with Crippen LogP contribution < -0.4 is 10.8 Å². The van der Waals surface area contributed by atoms with Gasteiger partial charge in [-0.25, -0.2) is 10.3 Å². The van der Waals surface area contributed by atoms with Gasteiger partial charge in [-0.1, -0.05) is 44.2 Å². The average molecular weight is 404 g/mol. The summed E-state index contributed by atoms with van der Waals surface area (Å²) >= 11 is 0. The molecule has 0 bridgehead atoms. The lowest BCUT2D eigenvalue weighted by atomic mass is 9.76. The van der Waals surface area contributed by atoms with Gasteiger partial charge in [-0.3, -0.25) is 4.84 Å². The molecule has 1 aromatic rings. The first-order chi connectivity index (χ1) is 13.7. The number of carbonyl (C=O) groups excluding carboxylic acids is 1. The average Bonchev–Trinajstić information content (AvgIpc) is 2.73. The van der Waals surface area contributed by atoms with Crippen molar-refractivity contribution in [3.63, 3.8) is 0 Å². The van der Waals surface area contributed by atoms with Crippen LogP contribution in [0.25, 0.3) is 0 Å². The van der Waals surface area contributed by atoms with Crippen LogP contribution in [0.4, 0.5) is 4.79 Å². The Balaban J connectivity index is 2.34. The van der Waals surface area contributed by atoms with Gasteiger partial charge in [0, 0.05) is 18.5 Å². The van der Waals surface area contributed by atoms with E-state index in [1.54, 1.807) is 0 Å². The summed E-state index contributed by atoms with van der Waals surface area (Å²) in [6, 6.07) is 10.3. The number of hydroxylamine groups is 3. The summed E-state index contributed by atoms with van der Waals surface area (Å²) in [5.74, 6) is 0. The van der Waals surface area contributed by atoms with Gasteiger partial charge in [-0.05, 0) is 58.6 Å². The quantitative estimate of drug-likeness (QED) is 0.581. The molecule has 0 spiro atoms. The Morgan fingerprint density at radius 2 is 1.83 bits per heavy atom. The van der Waals surface area contributed by atoms with E-state index in [-0.39, 0.29) is 17.2 Å². The van der Waals surface area contributed by atoms with Crippen LogP contribution in [0.3, 0.4) is 0 Å². The van der Waals surface area contributed by atoms with Gasteiger partial charge >= 0.3 is 6.09 Å². The fourth-order valence-corrected chi connectivity index (χ4v) is 3.92. The molecule has 0 fully saturated rings. The summed E-state index contributed by atoms with van der Waals surface area (Å²) < 4.78 is 0. The molecule has 1 aliphatic rings. The minimum absolute atomic E-state index is 0.0677. The molecule has 162 valence electrons. The van der Waals surface area contributed by atoms with Crippen molar-refractivity contribution in [3.8, 4) is 0 Å². The third-order valence-corrected chi connectivity index (χ3v) is 6.33. The molecule has 0 saturated carbocycles. The molecular weight excluding hydrogens is 366 g/mol. The fourth-order valence-electron chi connectivity index (χ4n) is 3.92. The van der Waals surface area contributed by atoms with Gasteiger partial charge in [0.15, 0.2) is 0 Å². The van der Waals surface area contributed by atoms with Gasteiger partial charge in [-0.2, -0.15) is 5.06 Å². The number of amides is 1. The van der Waals surface area contributed by atoms with E-state index in [9.17, 15) is 4.79 Å². The third-order valence-electron chi connectivity index (χ3n) is 6.33. The molecule has 0 aliphatic carbocycles. The maximum absolute atomic E-state index is 11.8. The third kappa shape index (κ3) is 4.93. The molecule has 3 unspecified atom stereocenters. The summed E-state index contributed by atoms with van der Waals surface area (Å²) in [6.45, 7) is 15.3. The number of rotatable bonds is 8. The molecule has 1 aliphatic heterocycles. The van der Waals surface area contributed by atoms with Crippen molar-refractivity contribution in [2.45, 2.75) is 84.9 Å². The molecule has 1 aromatic carbocycles. The fraction of sp³-hybridized carbons (Fsp3) is 0.609. The Morgan fingerprint density at radius 1 is 1.17 bits per heavy atom. The highest BCUT2D eigenvalue weighted by atomic mass is 16.7. The van der Waals surface area contributed by atoms with E-state index in [1.165, 1.54) is 0 Å². The highest BCUT2D eigenvalue weighted by Gasteiger charge is 2.50. The molecule has 6 nitrogen and oxygen atoms in total. The van der Waals surface area contributed by atoms with E-state index >= 15 is 0 Å². The van der Waals surface area contributed by atoms with Gasteiger partial charge in [0.05, 0.1) is 11.2 Å². The Kier molecular flexibility index (Phi) is 7.72. The monoisotopic (exact) mass is 403 g/mol. The molecular formula is C23H37N3O3. The van der Waals surface area contributed by atoms with Crippen molar-refractivity contribution in [1.82, 2.24) is 15.9 Å². The van der Waals surface area contributed by atoms with Crippen LogP contribution >= 0.6 is 0 Å². The van der Waals surface area contributed by atoms with Crippen LogP contribution in [-0.4, -0.2) is 28.8 Å². The van der Waals surface area contributed by atoms with Crippen LogP contribution in [0.1, 0.15) is 79.4 Å². The van der Waals surface area contributed by atoms with Gasteiger partial charge in [0.2, 0.25) is 0 Å². The lowest BCUT2D eigenvalue weighted by Crippen LogP contribution is -2.62. The summed E-state index contributed by atoms with van der Waals surface area (Å²) in [7, 11) is 0. The lowest BCUT2D eigenvalue weighted by molar-refractivity contribution is -0.296. The standard InChI is InChI=1S/C23H37N3O3/c1-8-22(6)16-20(25-28-21(27)24-10-3)17(4)23(7,9-2)26(22)29-18(5)19-14-12-11-13-15-19/h11-15,18,25H,8-10,16H2,1-7H3,(H,24,27). The predicted molar refractivity (Wildman–Crippen MR) is 116 cm³/mol. The van der Waals surface area contributed by atoms with Crippen LogP contribution in [0, 0.1) is 0 Å². The second kappa shape index (κ2) is 9.63. The normalized spacial score (nSPS) is 26.2. The van der Waals surface area contributed by atoms with Crippen LogP contribution in [-0.2, 0) is 9.68 Å². The number of nitrogens with one attached hydrogen (secondary N) is 2. The minimum atomic E-state index is -0.472. The minimum Gasteiger partial charge on any atom is -0.325 e. The second-order valence-electron chi connectivity index (χ2n) is 8.23. The molecule has 29 heavy (non-hydrogen) atoms. The first kappa shape index (κ1) is 23.2. The Labute approximate surface area is 175 Å². The molecule has 1 amide bonds. The number of carbonyl (C=O) groups is 1. The lowest BCUT2D eigenvalue weighted by Gasteiger charge is -2.55. The maximum atomic E-state index is 11.8. The molecule has 3 atom stereocenters. The van der Waals surface area contributed by atoms with Crippen molar-refractivity contribution in [2.24, 2.45) is 0 Å². The highest BCUT2D eigenvalue weighted by Crippen LogP contribution is 2.46. The van der Waals surface area contributed by atoms with Crippen molar-refractivity contribution in [3.05, 3.63) is 47.2 Å². The first-order valence-electron chi connectivity index (χ1n) is 10.6. The molecule has 2 N–H and O–H groups in total. The van der Waals surface area contributed by atoms with Crippen molar-refractivity contribution < 1.29 is 14.5 Å². The number of hydrogen-bond donors (Lipinski definition) is 2. The molecule has 0 saturated heterocycles. The molecule has 2 rings (SSSR count). The second-order valence-corrected chi connectivity index (χ2v) is 8.23. The van der Waals surface area contributed by atoms with Gasteiger partial charge in [-0.15, -0.1) is 0 Å². The van der Waals surface area contributed by atoms with Gasteiger partial charge < -0.3 is 10.2 Å². The Bertz CT molecular complexity index is 721. The van der Waals surface area contributed by atoms with Crippen molar-refractivity contribution >= 4 is 6.09 Å². The van der Waals surface area contributed by atoms with Crippen molar-refractivity contribution in [1.29, 1.82) is 0 Å². The number of hydrogen-bond acceptors (Lipinski definition) is 5. The number of benzene rings is 1. The molecule has 0 radical (unpaired) electrons. The van der Waals surface area contributed by atoms with E-state index in [0.29, 0.717) is 13.0 Å². The highest BCUT2D eigenvalue weighted by molar-refractivity contribution is 5.66. The molecule has 6 heteroatoms. The summed E-state index contributed by atoms with van der Waals surface area (Å²) in [4.78, 5) is 23.6. The summed E-state index contributed by atoms with van der Waals surface area (Å²) in [5.41, 5.74) is 5.55. The van der Waals surface area contributed by atoms with Crippen LogP contribution in [0.5, 0.6) is 0 Å². The van der Waals surface area contributed by atoms with E-state index in [4.69, 9.17) is 9.68 Å². The maximum Gasteiger partial charge on any atom is 0.431 e. The largest absolute Gasteiger partial charge is 0.431 e. The van der Waals surface area contributed by atoms with Gasteiger partial charge in [0.1, 0.15) is 6.10 Å². The van der Waals surface area contributed by atoms with Gasteiger partial charge in [0.25, 0.3) is 0 Å². The van der Waals surface area contributed by atoms with E-state index in [1.807, 2.05) is 25.1 Å². The van der Waals surface area contributed by atoms with E-state index in [0.717, 1.165) is 29.7 Å². The van der Waals surface area contributed by atoms with Crippen molar-refractivity contribution in [2.75, 3.05) is 6.54 Å². The van der Waals surface area contributed by atoms with E-state index in [2.05, 4.69) is 69.5 Å². The zero-order valence-electron chi connectivity index (χ0n) is 19.0. The zero-order valence-corrected chi connectivity index (χ0v) is 19.0. The summed E-state index contributed by atoms with van der Waals surface area (Å²) in [5, 5.41) is 4.83. The Hall–Kier alpha value is -2.05. The first-order valence-corrected chi connectivity index (χ1v) is 10.6. The number of nitrogens with zero attached hydrogens (tertiary/aromatic N) is 1. The Morgan fingerprint density at radius 3 is 2.38 bits per heavy atom. The summed E-state index contributed by atoms with van der Waals surface area (Å²) in [6.07, 6.45) is 1.92. The molecule has 0 aromatic heterocycles. The SMILES string of the molecule is CCNC(=O)ONC1=C(C)C(C)(CC)N(OC(C)c2ccccc2)C(C)(CC)C1.